The molecule has 0 fully saturated rings. The van der Waals surface area contributed by atoms with Gasteiger partial charge in [-0.25, -0.2) is 4.39 Å². The molecule has 4 aromatic rings. The van der Waals surface area contributed by atoms with Crippen LogP contribution in [-0.4, -0.2) is 19.8 Å². The zero-order chi connectivity index (χ0) is 16.7. The highest BCUT2D eigenvalue weighted by molar-refractivity contribution is 7.16. The summed E-state index contributed by atoms with van der Waals surface area (Å²) in [5.41, 5.74) is 2.39. The van der Waals surface area contributed by atoms with Crippen LogP contribution in [0.25, 0.3) is 16.1 Å². The first kappa shape index (κ1) is 15.0. The Morgan fingerprint density at radius 2 is 1.88 bits per heavy atom. The van der Waals surface area contributed by atoms with Crippen molar-refractivity contribution in [3.05, 3.63) is 70.7 Å². The Morgan fingerprint density at radius 1 is 1.08 bits per heavy atom. The van der Waals surface area contributed by atoms with E-state index < -0.39 is 0 Å². The Kier molecular flexibility index (Phi) is 3.61. The molecule has 2 aromatic carbocycles. The molecule has 2 heterocycles. The van der Waals surface area contributed by atoms with E-state index in [0.717, 1.165) is 26.9 Å². The average Bonchev–Trinajstić information content (AvgIpc) is 3.17. The van der Waals surface area contributed by atoms with Crippen LogP contribution in [0.15, 0.2) is 48.5 Å². The first-order chi connectivity index (χ1) is 11.6. The number of benzene rings is 2. The maximum absolute atomic E-state index is 14.6. The fourth-order valence-electron chi connectivity index (χ4n) is 2.70. The molecule has 0 aliphatic carbocycles. The number of hydrogen-bond acceptors (Lipinski definition) is 4. The molecule has 6 heteroatoms. The minimum atomic E-state index is -0.218. The lowest BCUT2D eigenvalue weighted by atomic mass is 9.97. The molecule has 0 saturated carbocycles. The largest absolute Gasteiger partial charge is 0.234 e. The minimum Gasteiger partial charge on any atom is -0.206 e. The predicted octanol–water partition coefficient (Wildman–Crippen LogP) is 4.45. The van der Waals surface area contributed by atoms with E-state index in [4.69, 9.17) is 0 Å². The van der Waals surface area contributed by atoms with Crippen molar-refractivity contribution in [2.75, 3.05) is 0 Å². The lowest BCUT2D eigenvalue weighted by Crippen LogP contribution is -1.99. The summed E-state index contributed by atoms with van der Waals surface area (Å²) in [7, 11) is 0. The normalized spacial score (nSPS) is 12.6. The van der Waals surface area contributed by atoms with Gasteiger partial charge in [0.1, 0.15) is 10.8 Å². The predicted molar refractivity (Wildman–Crippen MR) is 92.7 cm³/mol. The highest BCUT2D eigenvalue weighted by Crippen LogP contribution is 2.31. The third-order valence-corrected chi connectivity index (χ3v) is 5.19. The lowest BCUT2D eigenvalue weighted by Gasteiger charge is -2.11. The van der Waals surface area contributed by atoms with Crippen molar-refractivity contribution in [2.45, 2.75) is 19.8 Å². The van der Waals surface area contributed by atoms with Gasteiger partial charge in [-0.3, -0.25) is 0 Å². The second-order valence-electron chi connectivity index (χ2n) is 5.71. The Balaban J connectivity index is 1.70. The zero-order valence-corrected chi connectivity index (χ0v) is 14.1. The van der Waals surface area contributed by atoms with Gasteiger partial charge >= 0.3 is 0 Å². The Labute approximate surface area is 142 Å². The lowest BCUT2D eigenvalue weighted by molar-refractivity contribution is 0.627. The SMILES string of the molecule is Cc1nnc2sc(C(C)c3ccc(-c4ccccc4)c(F)c3)nn12. The van der Waals surface area contributed by atoms with E-state index in [9.17, 15) is 4.39 Å². The number of halogens is 1. The molecule has 120 valence electrons. The molecule has 24 heavy (non-hydrogen) atoms. The van der Waals surface area contributed by atoms with E-state index >= 15 is 0 Å². The molecular weight excluding hydrogens is 323 g/mol. The molecular formula is C18H15FN4S. The number of aryl methyl sites for hydroxylation is 1. The van der Waals surface area contributed by atoms with Gasteiger partial charge < -0.3 is 0 Å². The number of rotatable bonds is 3. The monoisotopic (exact) mass is 338 g/mol. The van der Waals surface area contributed by atoms with E-state index in [1.807, 2.05) is 56.3 Å². The van der Waals surface area contributed by atoms with Gasteiger partial charge in [-0.15, -0.1) is 10.2 Å². The standard InChI is InChI=1S/C18H15FN4S/c1-11(17-22-23-12(2)20-21-18(23)24-17)14-8-9-15(16(19)10-14)13-6-4-3-5-7-13/h3-11H,1-2H3. The van der Waals surface area contributed by atoms with Crippen molar-refractivity contribution < 1.29 is 4.39 Å². The molecule has 0 aliphatic heterocycles. The van der Waals surface area contributed by atoms with Crippen LogP contribution >= 0.6 is 11.3 Å². The topological polar surface area (TPSA) is 43.1 Å². The molecule has 0 aliphatic rings. The maximum Gasteiger partial charge on any atom is 0.234 e. The van der Waals surface area contributed by atoms with Crippen LogP contribution in [0, 0.1) is 12.7 Å². The van der Waals surface area contributed by atoms with Crippen LogP contribution in [0.1, 0.15) is 29.2 Å². The van der Waals surface area contributed by atoms with E-state index in [2.05, 4.69) is 15.3 Å². The quantitative estimate of drug-likeness (QED) is 0.554. The molecule has 4 rings (SSSR count). The summed E-state index contributed by atoms with van der Waals surface area (Å²) >= 11 is 1.48. The summed E-state index contributed by atoms with van der Waals surface area (Å²) in [5, 5.41) is 13.5. The van der Waals surface area contributed by atoms with Crippen LogP contribution in [0.2, 0.25) is 0 Å². The van der Waals surface area contributed by atoms with Crippen molar-refractivity contribution in [1.29, 1.82) is 0 Å². The van der Waals surface area contributed by atoms with Crippen molar-refractivity contribution >= 4 is 16.3 Å². The van der Waals surface area contributed by atoms with Gasteiger partial charge in [0.25, 0.3) is 0 Å². The van der Waals surface area contributed by atoms with E-state index in [1.165, 1.54) is 11.3 Å². The van der Waals surface area contributed by atoms with Crippen molar-refractivity contribution in [3.63, 3.8) is 0 Å². The Bertz CT molecular complexity index is 1010. The Hall–Kier alpha value is -2.60. The van der Waals surface area contributed by atoms with Crippen LogP contribution in [0.4, 0.5) is 4.39 Å². The van der Waals surface area contributed by atoms with Crippen LogP contribution < -0.4 is 0 Å². The maximum atomic E-state index is 14.6. The summed E-state index contributed by atoms with van der Waals surface area (Å²) in [6.07, 6.45) is 0. The summed E-state index contributed by atoms with van der Waals surface area (Å²) in [6, 6.07) is 15.0. The zero-order valence-electron chi connectivity index (χ0n) is 13.3. The van der Waals surface area contributed by atoms with E-state index in [1.54, 1.807) is 10.6 Å². The minimum absolute atomic E-state index is 0.00424. The molecule has 4 nitrogen and oxygen atoms in total. The third-order valence-electron chi connectivity index (χ3n) is 4.11. The molecule has 0 saturated heterocycles. The highest BCUT2D eigenvalue weighted by Gasteiger charge is 2.18. The van der Waals surface area contributed by atoms with Gasteiger partial charge in [-0.05, 0) is 24.1 Å². The second-order valence-corrected chi connectivity index (χ2v) is 6.70. The van der Waals surface area contributed by atoms with E-state index in [0.29, 0.717) is 5.56 Å². The number of hydrogen-bond donors (Lipinski definition) is 0. The smallest absolute Gasteiger partial charge is 0.206 e. The number of nitrogens with zero attached hydrogens (tertiary/aromatic N) is 4. The van der Waals surface area contributed by atoms with Gasteiger partial charge in [0.15, 0.2) is 5.82 Å². The van der Waals surface area contributed by atoms with E-state index in [-0.39, 0.29) is 11.7 Å². The molecule has 0 spiro atoms. The van der Waals surface area contributed by atoms with Crippen LogP contribution in [-0.2, 0) is 0 Å². The van der Waals surface area contributed by atoms with Crippen molar-refractivity contribution in [2.24, 2.45) is 0 Å². The van der Waals surface area contributed by atoms with Crippen molar-refractivity contribution in [3.8, 4) is 11.1 Å². The first-order valence-corrected chi connectivity index (χ1v) is 8.49. The molecule has 0 bridgehead atoms. The van der Waals surface area contributed by atoms with Gasteiger partial charge in [0.05, 0.1) is 0 Å². The van der Waals surface area contributed by atoms with Crippen molar-refractivity contribution in [1.82, 2.24) is 19.8 Å². The summed E-state index contributed by atoms with van der Waals surface area (Å²) < 4.78 is 16.3. The average molecular weight is 338 g/mol. The Morgan fingerprint density at radius 3 is 2.58 bits per heavy atom. The third kappa shape index (κ3) is 2.49. The molecule has 0 amide bonds. The van der Waals surface area contributed by atoms with Gasteiger partial charge in [-0.1, -0.05) is 60.7 Å². The van der Waals surface area contributed by atoms with Gasteiger partial charge in [0.2, 0.25) is 4.96 Å². The van der Waals surface area contributed by atoms with Gasteiger partial charge in [-0.2, -0.15) is 9.61 Å². The summed E-state index contributed by atoms with van der Waals surface area (Å²) in [6.45, 7) is 3.89. The van der Waals surface area contributed by atoms with Crippen LogP contribution in [0.3, 0.4) is 0 Å². The van der Waals surface area contributed by atoms with Gasteiger partial charge in [0, 0.05) is 11.5 Å². The molecule has 0 radical (unpaired) electrons. The second kappa shape index (κ2) is 5.79. The fourth-order valence-corrected chi connectivity index (χ4v) is 3.66. The molecule has 1 atom stereocenters. The molecule has 1 unspecified atom stereocenters. The molecule has 0 N–H and O–H groups in total. The fraction of sp³-hybridized carbons (Fsp3) is 0.167. The molecule has 2 aromatic heterocycles. The first-order valence-electron chi connectivity index (χ1n) is 7.67. The summed E-state index contributed by atoms with van der Waals surface area (Å²) in [5.74, 6) is 0.533. The summed E-state index contributed by atoms with van der Waals surface area (Å²) in [4.78, 5) is 0.760. The van der Waals surface area contributed by atoms with Crippen LogP contribution in [0.5, 0.6) is 0 Å². The highest BCUT2D eigenvalue weighted by atomic mass is 32.1. The number of aromatic nitrogens is 4. The number of fused-ring (bicyclic) bond motifs is 1.